The van der Waals surface area contributed by atoms with Crippen LogP contribution in [0.4, 0.5) is 0 Å². The molecule has 1 aromatic rings. The van der Waals surface area contributed by atoms with Crippen LogP contribution in [0, 0.1) is 11.3 Å². The predicted molar refractivity (Wildman–Crippen MR) is 144 cm³/mol. The molecule has 3 atom stereocenters. The quantitative estimate of drug-likeness (QED) is 0.421. The van der Waals surface area contributed by atoms with Gasteiger partial charge in [0.15, 0.2) is 0 Å². The van der Waals surface area contributed by atoms with Crippen LogP contribution in [0.3, 0.4) is 0 Å². The standard InChI is InChI=1S/C29H45N3O4/c1-19(2)22(18-20(3)27(35)36)32(8)26(34)24(28(4,5)6)31-25(33)23(30-7)29(16-12-13-17-29)21-14-10-9-11-15-21/h9-11,14-15,18-19,22-24,30H,12-13,16-17H2,1-8H3,(H,31,33)(H,35,36)/b20-18+/t22-,23+,24-/m1/s1. The third-order valence-electron chi connectivity index (χ3n) is 7.58. The van der Waals surface area contributed by atoms with E-state index >= 15 is 0 Å². The molecule has 0 unspecified atom stereocenters. The number of rotatable bonds is 10. The summed E-state index contributed by atoms with van der Waals surface area (Å²) in [7, 11) is 3.49. The molecule has 0 heterocycles. The molecule has 1 aromatic carbocycles. The zero-order chi connectivity index (χ0) is 27.3. The van der Waals surface area contributed by atoms with Crippen molar-refractivity contribution in [1.82, 2.24) is 15.5 Å². The Labute approximate surface area is 216 Å². The molecule has 1 fully saturated rings. The highest BCUT2D eigenvalue weighted by Crippen LogP contribution is 2.44. The second kappa shape index (κ2) is 12.0. The fourth-order valence-corrected chi connectivity index (χ4v) is 5.48. The van der Waals surface area contributed by atoms with Crippen LogP contribution in [0.15, 0.2) is 42.0 Å². The van der Waals surface area contributed by atoms with Gasteiger partial charge in [-0.25, -0.2) is 4.79 Å². The van der Waals surface area contributed by atoms with E-state index in [1.165, 1.54) is 6.92 Å². The van der Waals surface area contributed by atoms with Gasteiger partial charge in [0.05, 0.1) is 12.1 Å². The number of aliphatic carboxylic acids is 1. The maximum absolute atomic E-state index is 13.9. The Hall–Kier alpha value is -2.67. The number of hydrogen-bond acceptors (Lipinski definition) is 4. The van der Waals surface area contributed by atoms with E-state index in [1.54, 1.807) is 18.0 Å². The van der Waals surface area contributed by atoms with Gasteiger partial charge in [0.25, 0.3) is 0 Å². The Morgan fingerprint density at radius 2 is 1.64 bits per heavy atom. The Morgan fingerprint density at radius 1 is 1.08 bits per heavy atom. The minimum absolute atomic E-state index is 0.00512. The second-order valence-electron chi connectivity index (χ2n) is 11.6. The first-order chi connectivity index (χ1) is 16.8. The van der Waals surface area contributed by atoms with E-state index in [4.69, 9.17) is 0 Å². The van der Waals surface area contributed by atoms with Gasteiger partial charge >= 0.3 is 5.97 Å². The van der Waals surface area contributed by atoms with Gasteiger partial charge in [-0.1, -0.05) is 83.9 Å². The molecule has 1 aliphatic rings. The lowest BCUT2D eigenvalue weighted by molar-refractivity contribution is -0.141. The summed E-state index contributed by atoms with van der Waals surface area (Å²) in [4.78, 5) is 40.7. The lowest BCUT2D eigenvalue weighted by Gasteiger charge is -2.41. The number of nitrogens with zero attached hydrogens (tertiary/aromatic N) is 1. The average Bonchev–Trinajstić information content (AvgIpc) is 3.30. The van der Waals surface area contributed by atoms with Crippen LogP contribution in [0.5, 0.6) is 0 Å². The van der Waals surface area contributed by atoms with Gasteiger partial charge in [-0.05, 0) is 43.7 Å². The van der Waals surface area contributed by atoms with Crippen molar-refractivity contribution in [3.8, 4) is 0 Å². The monoisotopic (exact) mass is 499 g/mol. The van der Waals surface area contributed by atoms with Crippen LogP contribution in [0.1, 0.15) is 72.8 Å². The number of benzene rings is 1. The van der Waals surface area contributed by atoms with Crippen molar-refractivity contribution in [2.45, 2.75) is 90.8 Å². The van der Waals surface area contributed by atoms with E-state index in [0.29, 0.717) is 0 Å². The van der Waals surface area contributed by atoms with Gasteiger partial charge in [-0.3, -0.25) is 9.59 Å². The van der Waals surface area contributed by atoms with Crippen molar-refractivity contribution < 1.29 is 19.5 Å². The second-order valence-corrected chi connectivity index (χ2v) is 11.6. The third kappa shape index (κ3) is 6.55. The highest BCUT2D eigenvalue weighted by atomic mass is 16.4. The molecule has 1 saturated carbocycles. The summed E-state index contributed by atoms with van der Waals surface area (Å²) in [6, 6.07) is 8.50. The number of carboxylic acid groups (broad SMARTS) is 1. The maximum Gasteiger partial charge on any atom is 0.331 e. The molecule has 7 nitrogen and oxygen atoms in total. The highest BCUT2D eigenvalue weighted by Gasteiger charge is 2.47. The average molecular weight is 500 g/mol. The first-order valence-electron chi connectivity index (χ1n) is 13.0. The number of hydrogen-bond donors (Lipinski definition) is 3. The van der Waals surface area contributed by atoms with Crippen LogP contribution in [0.25, 0.3) is 0 Å². The number of carboxylic acids is 1. The maximum atomic E-state index is 13.9. The van der Waals surface area contributed by atoms with Crippen LogP contribution in [0.2, 0.25) is 0 Å². The van der Waals surface area contributed by atoms with E-state index in [9.17, 15) is 19.5 Å². The summed E-state index contributed by atoms with van der Waals surface area (Å²) in [5.74, 6) is -1.45. The van der Waals surface area contributed by atoms with Crippen molar-refractivity contribution in [2.75, 3.05) is 14.1 Å². The van der Waals surface area contributed by atoms with E-state index in [2.05, 4.69) is 22.8 Å². The Bertz CT molecular complexity index is 943. The predicted octanol–water partition coefficient (Wildman–Crippen LogP) is 4.13. The zero-order valence-corrected chi connectivity index (χ0v) is 23.2. The first-order valence-corrected chi connectivity index (χ1v) is 13.0. The van der Waals surface area contributed by atoms with E-state index in [0.717, 1.165) is 31.2 Å². The van der Waals surface area contributed by atoms with E-state index in [-0.39, 0.29) is 28.7 Å². The zero-order valence-electron chi connectivity index (χ0n) is 23.2. The number of nitrogens with one attached hydrogen (secondary N) is 2. The number of carbonyl (C=O) groups excluding carboxylic acids is 2. The van der Waals surface area contributed by atoms with Crippen molar-refractivity contribution in [3.63, 3.8) is 0 Å². The fourth-order valence-electron chi connectivity index (χ4n) is 5.48. The van der Waals surface area contributed by atoms with Crippen LogP contribution < -0.4 is 10.6 Å². The summed E-state index contributed by atoms with van der Waals surface area (Å²) in [5, 5.41) is 15.7. The Kier molecular flexibility index (Phi) is 9.89. The molecule has 0 spiro atoms. The molecular weight excluding hydrogens is 454 g/mol. The normalized spacial score (nSPS) is 18.4. The van der Waals surface area contributed by atoms with Gasteiger partial charge in [0, 0.05) is 18.0 Å². The molecule has 1 aliphatic carbocycles. The molecule has 0 bridgehead atoms. The van der Waals surface area contributed by atoms with E-state index < -0.39 is 29.5 Å². The molecule has 2 rings (SSSR count). The smallest absolute Gasteiger partial charge is 0.331 e. The molecule has 0 saturated heterocycles. The molecular formula is C29H45N3O4. The highest BCUT2D eigenvalue weighted by molar-refractivity contribution is 5.92. The molecule has 0 radical (unpaired) electrons. The van der Waals surface area contributed by atoms with Gasteiger partial charge < -0.3 is 20.6 Å². The third-order valence-corrected chi connectivity index (χ3v) is 7.58. The van der Waals surface area contributed by atoms with Crippen molar-refractivity contribution >= 4 is 17.8 Å². The number of likely N-dealkylation sites (N-methyl/N-ethyl adjacent to an activating group) is 2. The molecule has 0 aromatic heterocycles. The molecule has 0 aliphatic heterocycles. The first kappa shape index (κ1) is 29.6. The SMILES string of the molecule is CN[C@@H](C(=O)N[C@H](C(=O)N(C)[C@H](/C=C(\C)C(=O)O)C(C)C)C(C)(C)C)C1(c2ccccc2)CCCC1. The molecule has 7 heteroatoms. The summed E-state index contributed by atoms with van der Waals surface area (Å²) in [6.07, 6.45) is 5.52. The topological polar surface area (TPSA) is 98.7 Å². The fraction of sp³-hybridized carbons (Fsp3) is 0.621. The largest absolute Gasteiger partial charge is 0.478 e. The van der Waals surface area contributed by atoms with Gasteiger partial charge in [-0.15, -0.1) is 0 Å². The lowest BCUT2D eigenvalue weighted by atomic mass is 9.72. The number of amides is 2. The van der Waals surface area contributed by atoms with Crippen LogP contribution in [-0.2, 0) is 19.8 Å². The summed E-state index contributed by atoms with van der Waals surface area (Å²) >= 11 is 0. The molecule has 2 amide bonds. The van der Waals surface area contributed by atoms with Crippen LogP contribution >= 0.6 is 0 Å². The van der Waals surface area contributed by atoms with E-state index in [1.807, 2.05) is 59.9 Å². The van der Waals surface area contributed by atoms with Gasteiger partial charge in [0.2, 0.25) is 11.8 Å². The lowest BCUT2D eigenvalue weighted by Crippen LogP contribution is -2.62. The molecule has 36 heavy (non-hydrogen) atoms. The Morgan fingerprint density at radius 3 is 2.08 bits per heavy atom. The van der Waals surface area contributed by atoms with Gasteiger partial charge in [-0.2, -0.15) is 0 Å². The van der Waals surface area contributed by atoms with Gasteiger partial charge in [0.1, 0.15) is 6.04 Å². The van der Waals surface area contributed by atoms with Crippen molar-refractivity contribution in [2.24, 2.45) is 11.3 Å². The molecule has 3 N–H and O–H groups in total. The summed E-state index contributed by atoms with van der Waals surface area (Å²) in [5.41, 5.74) is 0.439. The Balaban J connectivity index is 2.39. The minimum Gasteiger partial charge on any atom is -0.478 e. The summed E-state index contributed by atoms with van der Waals surface area (Å²) in [6.45, 7) is 11.2. The molecule has 200 valence electrons. The van der Waals surface area contributed by atoms with Crippen molar-refractivity contribution in [1.29, 1.82) is 0 Å². The summed E-state index contributed by atoms with van der Waals surface area (Å²) < 4.78 is 0. The number of carbonyl (C=O) groups is 3. The minimum atomic E-state index is -1.01. The van der Waals surface area contributed by atoms with Crippen molar-refractivity contribution in [3.05, 3.63) is 47.5 Å². The van der Waals surface area contributed by atoms with Crippen LogP contribution in [-0.4, -0.2) is 60.0 Å².